The van der Waals surface area contributed by atoms with Gasteiger partial charge in [0.15, 0.2) is 0 Å². The summed E-state index contributed by atoms with van der Waals surface area (Å²) in [4.78, 5) is 4.54. The molecule has 1 heterocycles. The van der Waals surface area contributed by atoms with E-state index in [1.54, 1.807) is 0 Å². The van der Waals surface area contributed by atoms with Crippen LogP contribution < -0.4 is 5.32 Å². The smallest absolute Gasteiger partial charge is 0.0835 e. The molecule has 0 radical (unpaired) electrons. The number of hydrogen-bond acceptors (Lipinski definition) is 2. The van der Waals surface area contributed by atoms with Crippen LogP contribution in [0.3, 0.4) is 0 Å². The Hall–Kier alpha value is -0.770. The van der Waals surface area contributed by atoms with Crippen LogP contribution in [-0.4, -0.2) is 4.98 Å². The van der Waals surface area contributed by atoms with Gasteiger partial charge in [-0.15, -0.1) is 0 Å². The summed E-state index contributed by atoms with van der Waals surface area (Å²) in [5.74, 6) is 0. The van der Waals surface area contributed by atoms with Crippen molar-refractivity contribution in [3.8, 4) is 0 Å². The molecule has 2 aromatic rings. The molecule has 2 nitrogen and oxygen atoms in total. The SMILES string of the molecule is Cc1cc(C)c(C(C)Nc2ccc(Br)c(Cl)c2Cl)c(C)n1. The van der Waals surface area contributed by atoms with Crippen LogP contribution >= 0.6 is 39.1 Å². The number of halogens is 3. The largest absolute Gasteiger partial charge is 0.377 e. The van der Waals surface area contributed by atoms with E-state index in [1.165, 1.54) is 11.1 Å². The highest BCUT2D eigenvalue weighted by atomic mass is 79.9. The fraction of sp³-hybridized carbons (Fsp3) is 0.312. The fourth-order valence-electron chi connectivity index (χ4n) is 2.63. The number of anilines is 1. The van der Waals surface area contributed by atoms with E-state index in [-0.39, 0.29) is 6.04 Å². The second kappa shape index (κ2) is 6.55. The zero-order valence-electron chi connectivity index (χ0n) is 12.4. The summed E-state index contributed by atoms with van der Waals surface area (Å²) in [5, 5.41) is 4.46. The summed E-state index contributed by atoms with van der Waals surface area (Å²) < 4.78 is 0.789. The quantitative estimate of drug-likeness (QED) is 0.629. The monoisotopic (exact) mass is 386 g/mol. The Morgan fingerprint density at radius 2 is 1.81 bits per heavy atom. The summed E-state index contributed by atoms with van der Waals surface area (Å²) >= 11 is 15.8. The summed E-state index contributed by atoms with van der Waals surface area (Å²) in [6.45, 7) is 8.24. The third-order valence-corrected chi connectivity index (χ3v) is 5.20. The molecule has 0 fully saturated rings. The highest BCUT2D eigenvalue weighted by Crippen LogP contribution is 2.37. The second-order valence-corrected chi connectivity index (χ2v) is 6.78. The maximum atomic E-state index is 6.29. The third-order valence-electron chi connectivity index (χ3n) is 3.42. The van der Waals surface area contributed by atoms with Crippen molar-refractivity contribution in [1.82, 2.24) is 4.98 Å². The molecule has 0 saturated carbocycles. The molecule has 0 aliphatic heterocycles. The van der Waals surface area contributed by atoms with Crippen molar-refractivity contribution in [2.24, 2.45) is 0 Å². The molecule has 112 valence electrons. The van der Waals surface area contributed by atoms with E-state index in [0.717, 1.165) is 21.5 Å². The molecule has 0 spiro atoms. The molecule has 1 atom stereocenters. The number of aromatic nitrogens is 1. The number of aryl methyl sites for hydroxylation is 3. The number of hydrogen-bond donors (Lipinski definition) is 1. The van der Waals surface area contributed by atoms with Crippen molar-refractivity contribution in [2.75, 3.05) is 5.32 Å². The minimum absolute atomic E-state index is 0.0906. The molecule has 1 N–H and O–H groups in total. The van der Waals surface area contributed by atoms with Gasteiger partial charge in [-0.1, -0.05) is 23.2 Å². The Kier molecular flexibility index (Phi) is 5.18. The number of nitrogens with zero attached hydrogens (tertiary/aromatic N) is 1. The lowest BCUT2D eigenvalue weighted by molar-refractivity contribution is 0.843. The first kappa shape index (κ1) is 16.6. The average molecular weight is 388 g/mol. The molecule has 0 amide bonds. The van der Waals surface area contributed by atoms with Crippen LogP contribution in [0.15, 0.2) is 22.7 Å². The first-order valence-corrected chi connectivity index (χ1v) is 8.21. The van der Waals surface area contributed by atoms with Gasteiger partial charge in [0.05, 0.1) is 21.8 Å². The van der Waals surface area contributed by atoms with E-state index in [0.29, 0.717) is 10.0 Å². The van der Waals surface area contributed by atoms with Crippen molar-refractivity contribution < 1.29 is 0 Å². The molecule has 0 bridgehead atoms. The summed E-state index contributed by atoms with van der Waals surface area (Å²) in [5.41, 5.74) is 5.30. The minimum Gasteiger partial charge on any atom is -0.377 e. The van der Waals surface area contributed by atoms with Gasteiger partial charge in [-0.3, -0.25) is 4.98 Å². The fourth-order valence-corrected chi connectivity index (χ4v) is 3.46. The molecule has 1 aromatic heterocycles. The van der Waals surface area contributed by atoms with Crippen LogP contribution in [0.25, 0.3) is 0 Å². The molecule has 0 aliphatic carbocycles. The van der Waals surface area contributed by atoms with E-state index >= 15 is 0 Å². The van der Waals surface area contributed by atoms with Gasteiger partial charge < -0.3 is 5.32 Å². The second-order valence-electron chi connectivity index (χ2n) is 5.17. The zero-order chi connectivity index (χ0) is 15.7. The van der Waals surface area contributed by atoms with E-state index in [2.05, 4.69) is 46.1 Å². The predicted molar refractivity (Wildman–Crippen MR) is 94.6 cm³/mol. The van der Waals surface area contributed by atoms with Crippen LogP contribution in [0, 0.1) is 20.8 Å². The first-order chi connectivity index (χ1) is 9.81. The molecule has 5 heteroatoms. The number of benzene rings is 1. The highest BCUT2D eigenvalue weighted by molar-refractivity contribution is 9.10. The van der Waals surface area contributed by atoms with Crippen molar-refractivity contribution >= 4 is 44.8 Å². The lowest BCUT2D eigenvalue weighted by atomic mass is 10.00. The lowest BCUT2D eigenvalue weighted by Crippen LogP contribution is -2.12. The van der Waals surface area contributed by atoms with Gasteiger partial charge in [0.25, 0.3) is 0 Å². The van der Waals surface area contributed by atoms with Crippen molar-refractivity contribution in [2.45, 2.75) is 33.7 Å². The van der Waals surface area contributed by atoms with Gasteiger partial charge in [-0.25, -0.2) is 0 Å². The lowest BCUT2D eigenvalue weighted by Gasteiger charge is -2.21. The van der Waals surface area contributed by atoms with Gasteiger partial charge in [0.2, 0.25) is 0 Å². The zero-order valence-corrected chi connectivity index (χ0v) is 15.5. The van der Waals surface area contributed by atoms with Crippen LogP contribution in [0.2, 0.25) is 10.0 Å². The van der Waals surface area contributed by atoms with Crippen LogP contribution in [-0.2, 0) is 0 Å². The highest BCUT2D eigenvalue weighted by Gasteiger charge is 2.16. The van der Waals surface area contributed by atoms with Gasteiger partial charge in [0, 0.05) is 15.9 Å². The minimum atomic E-state index is 0.0906. The number of pyridine rings is 1. The number of nitrogens with one attached hydrogen (secondary N) is 1. The van der Waals surface area contributed by atoms with Crippen molar-refractivity contribution in [1.29, 1.82) is 0 Å². The first-order valence-electron chi connectivity index (χ1n) is 6.66. The van der Waals surface area contributed by atoms with Gasteiger partial charge in [-0.2, -0.15) is 0 Å². The molecular formula is C16H17BrCl2N2. The van der Waals surface area contributed by atoms with Gasteiger partial charge >= 0.3 is 0 Å². The Morgan fingerprint density at radius 1 is 1.14 bits per heavy atom. The summed E-state index contributed by atoms with van der Waals surface area (Å²) in [7, 11) is 0. The van der Waals surface area contributed by atoms with Crippen LogP contribution in [0.4, 0.5) is 5.69 Å². The molecule has 0 saturated heterocycles. The summed E-state index contributed by atoms with van der Waals surface area (Å²) in [6, 6.07) is 5.99. The van der Waals surface area contributed by atoms with E-state index < -0.39 is 0 Å². The standard InChI is InChI=1S/C16H17BrCl2N2/c1-8-7-9(2)20-10(3)14(8)11(4)21-13-6-5-12(17)15(18)16(13)19/h5-7,11,21H,1-4H3. The Balaban J connectivity index is 2.35. The molecule has 1 aromatic carbocycles. The van der Waals surface area contributed by atoms with E-state index in [4.69, 9.17) is 23.2 Å². The Labute approximate surface area is 144 Å². The average Bonchev–Trinajstić information content (AvgIpc) is 2.38. The molecule has 1 unspecified atom stereocenters. The van der Waals surface area contributed by atoms with E-state index in [9.17, 15) is 0 Å². The molecule has 21 heavy (non-hydrogen) atoms. The van der Waals surface area contributed by atoms with Gasteiger partial charge in [0.1, 0.15) is 0 Å². The molecule has 2 rings (SSSR count). The maximum Gasteiger partial charge on any atom is 0.0835 e. The Morgan fingerprint density at radius 3 is 2.43 bits per heavy atom. The third kappa shape index (κ3) is 3.53. The van der Waals surface area contributed by atoms with E-state index in [1.807, 2.05) is 26.0 Å². The molecule has 0 aliphatic rings. The van der Waals surface area contributed by atoms with Crippen LogP contribution in [0.1, 0.15) is 35.5 Å². The van der Waals surface area contributed by atoms with Crippen molar-refractivity contribution in [3.05, 3.63) is 55.2 Å². The van der Waals surface area contributed by atoms with Crippen molar-refractivity contribution in [3.63, 3.8) is 0 Å². The maximum absolute atomic E-state index is 6.29. The Bertz CT molecular complexity index is 663. The van der Waals surface area contributed by atoms with Crippen LogP contribution in [0.5, 0.6) is 0 Å². The normalized spacial score (nSPS) is 12.3. The molecular weight excluding hydrogens is 371 g/mol. The summed E-state index contributed by atoms with van der Waals surface area (Å²) in [6.07, 6.45) is 0. The van der Waals surface area contributed by atoms with Gasteiger partial charge in [-0.05, 0) is 73.0 Å². The topological polar surface area (TPSA) is 24.9 Å². The number of rotatable bonds is 3. The predicted octanol–water partition coefficient (Wildman–Crippen LogP) is 6.25.